The number of amides is 1. The first-order chi connectivity index (χ1) is 7.41. The van der Waals surface area contributed by atoms with Crippen molar-refractivity contribution in [3.63, 3.8) is 0 Å². The van der Waals surface area contributed by atoms with Gasteiger partial charge in [0, 0.05) is 25.0 Å². The van der Waals surface area contributed by atoms with Crippen molar-refractivity contribution < 1.29 is 9.72 Å². The predicted octanol–water partition coefficient (Wildman–Crippen LogP) is 1.62. The van der Waals surface area contributed by atoms with E-state index in [0.29, 0.717) is 6.54 Å². The Hall–Kier alpha value is -1.56. The van der Waals surface area contributed by atoms with E-state index < -0.39 is 4.92 Å². The minimum atomic E-state index is -0.558. The Kier molecular flexibility index (Phi) is 3.89. The van der Waals surface area contributed by atoms with Crippen LogP contribution < -0.4 is 0 Å². The summed E-state index contributed by atoms with van der Waals surface area (Å²) in [5.74, 6) is -0.319. The van der Waals surface area contributed by atoms with Crippen molar-refractivity contribution in [2.24, 2.45) is 0 Å². The molecule has 0 saturated carbocycles. The number of hydrogen-bond acceptors (Lipinski definition) is 3. The highest BCUT2D eigenvalue weighted by atomic mass is 35.5. The van der Waals surface area contributed by atoms with Gasteiger partial charge in [-0.1, -0.05) is 0 Å². The summed E-state index contributed by atoms with van der Waals surface area (Å²) in [6, 6.07) is 1.21. The molecule has 0 bridgehead atoms. The summed E-state index contributed by atoms with van der Waals surface area (Å²) in [6.07, 6.45) is 1.19. The highest BCUT2D eigenvalue weighted by molar-refractivity contribution is 6.20. The minimum Gasteiger partial charge on any atom is -0.351 e. The third kappa shape index (κ3) is 2.96. The molecule has 1 rings (SSSR count). The number of nitrogens with one attached hydrogen (secondary N) is 1. The number of carbonyl (C=O) groups excluding carboxylic acids is 1. The zero-order valence-electron chi connectivity index (χ0n) is 8.94. The highest BCUT2D eigenvalue weighted by Crippen LogP contribution is 2.13. The van der Waals surface area contributed by atoms with Gasteiger partial charge in [-0.2, -0.15) is 0 Å². The molecule has 1 unspecified atom stereocenters. The van der Waals surface area contributed by atoms with Gasteiger partial charge >= 0.3 is 0 Å². The van der Waals surface area contributed by atoms with E-state index in [-0.39, 0.29) is 22.7 Å². The molecule has 1 aromatic heterocycles. The van der Waals surface area contributed by atoms with Gasteiger partial charge in [-0.3, -0.25) is 14.9 Å². The first-order valence-corrected chi connectivity index (χ1v) is 5.07. The van der Waals surface area contributed by atoms with E-state index in [1.165, 1.54) is 17.2 Å². The smallest absolute Gasteiger partial charge is 0.287 e. The number of rotatable bonds is 4. The van der Waals surface area contributed by atoms with Crippen molar-refractivity contribution in [3.05, 3.63) is 28.1 Å². The Morgan fingerprint density at radius 3 is 2.81 bits per heavy atom. The Bertz CT molecular complexity index is 402. The van der Waals surface area contributed by atoms with Crippen molar-refractivity contribution in [2.45, 2.75) is 12.3 Å². The number of alkyl halides is 1. The van der Waals surface area contributed by atoms with Crippen LogP contribution >= 0.6 is 11.6 Å². The van der Waals surface area contributed by atoms with E-state index in [1.807, 2.05) is 0 Å². The molecule has 6 nitrogen and oxygen atoms in total. The van der Waals surface area contributed by atoms with Crippen molar-refractivity contribution in [1.29, 1.82) is 0 Å². The number of hydrogen-bond donors (Lipinski definition) is 1. The minimum absolute atomic E-state index is 0.129. The summed E-state index contributed by atoms with van der Waals surface area (Å²) in [5, 5.41) is 10.3. The van der Waals surface area contributed by atoms with E-state index >= 15 is 0 Å². The van der Waals surface area contributed by atoms with Crippen molar-refractivity contribution >= 4 is 23.2 Å². The maximum absolute atomic E-state index is 11.7. The fourth-order valence-electron chi connectivity index (χ4n) is 1.28. The molecule has 0 fully saturated rings. The third-order valence-corrected chi connectivity index (χ3v) is 2.12. The summed E-state index contributed by atoms with van der Waals surface area (Å²) >= 11 is 5.75. The first-order valence-electron chi connectivity index (χ1n) is 4.64. The SMILES string of the molecule is CC(Cl)CN(C)C(=O)c1cc([N+](=O)[O-])c[nH]1. The molecule has 0 saturated heterocycles. The van der Waals surface area contributed by atoms with Crippen LogP contribution in [-0.2, 0) is 0 Å². The quantitative estimate of drug-likeness (QED) is 0.497. The standard InChI is InChI=1S/C9H12ClN3O3/c1-6(10)5-12(2)9(14)8-3-7(4-11-8)13(15)16/h3-4,6,11H,5H2,1-2H3. The Labute approximate surface area is 97.3 Å². The zero-order chi connectivity index (χ0) is 12.3. The molecule has 1 aromatic rings. The molecular weight excluding hydrogens is 234 g/mol. The van der Waals surface area contributed by atoms with Crippen LogP contribution in [0.3, 0.4) is 0 Å². The molecular formula is C9H12ClN3O3. The normalized spacial score (nSPS) is 12.2. The summed E-state index contributed by atoms with van der Waals surface area (Å²) in [6.45, 7) is 2.15. The van der Waals surface area contributed by atoms with Gasteiger partial charge in [-0.05, 0) is 6.92 Å². The Balaban J connectivity index is 2.76. The molecule has 0 aromatic carbocycles. The van der Waals surface area contributed by atoms with Crippen LogP contribution in [0.1, 0.15) is 17.4 Å². The van der Waals surface area contributed by atoms with Gasteiger partial charge in [-0.25, -0.2) is 0 Å². The van der Waals surface area contributed by atoms with Gasteiger partial charge in [0.1, 0.15) is 5.69 Å². The average molecular weight is 246 g/mol. The number of nitrogens with zero attached hydrogens (tertiary/aromatic N) is 2. The number of nitro groups is 1. The molecule has 0 aliphatic carbocycles. The average Bonchev–Trinajstić information content (AvgIpc) is 2.64. The second-order valence-corrected chi connectivity index (χ2v) is 4.24. The van der Waals surface area contributed by atoms with Gasteiger partial charge in [-0.15, -0.1) is 11.6 Å². The number of aromatic nitrogens is 1. The van der Waals surface area contributed by atoms with E-state index in [1.54, 1.807) is 14.0 Å². The van der Waals surface area contributed by atoms with Crippen LogP contribution in [0.25, 0.3) is 0 Å². The largest absolute Gasteiger partial charge is 0.351 e. The molecule has 1 heterocycles. The van der Waals surface area contributed by atoms with E-state index in [4.69, 9.17) is 11.6 Å². The summed E-state index contributed by atoms with van der Waals surface area (Å²) < 4.78 is 0. The Morgan fingerprint density at radius 1 is 1.75 bits per heavy atom. The zero-order valence-corrected chi connectivity index (χ0v) is 9.69. The van der Waals surface area contributed by atoms with Gasteiger partial charge in [0.15, 0.2) is 0 Å². The van der Waals surface area contributed by atoms with Crippen LogP contribution in [0, 0.1) is 10.1 Å². The maximum Gasteiger partial charge on any atom is 0.287 e. The number of halogens is 1. The number of carbonyl (C=O) groups is 1. The van der Waals surface area contributed by atoms with E-state index in [2.05, 4.69) is 4.98 Å². The molecule has 1 N–H and O–H groups in total. The third-order valence-electron chi connectivity index (χ3n) is 1.98. The molecule has 1 amide bonds. The number of aromatic amines is 1. The van der Waals surface area contributed by atoms with Crippen LogP contribution in [-0.4, -0.2) is 39.7 Å². The molecule has 88 valence electrons. The lowest BCUT2D eigenvalue weighted by molar-refractivity contribution is -0.384. The highest BCUT2D eigenvalue weighted by Gasteiger charge is 2.18. The fraction of sp³-hybridized carbons (Fsp3) is 0.444. The number of H-pyrrole nitrogens is 1. The molecule has 0 aliphatic rings. The van der Waals surface area contributed by atoms with Crippen LogP contribution in [0.5, 0.6) is 0 Å². The van der Waals surface area contributed by atoms with Gasteiger partial charge in [0.2, 0.25) is 0 Å². The lowest BCUT2D eigenvalue weighted by Gasteiger charge is -2.17. The topological polar surface area (TPSA) is 79.2 Å². The second kappa shape index (κ2) is 4.98. The summed E-state index contributed by atoms with van der Waals surface area (Å²) in [5.41, 5.74) is 0.0576. The van der Waals surface area contributed by atoms with Crippen molar-refractivity contribution in [3.8, 4) is 0 Å². The van der Waals surface area contributed by atoms with Crippen LogP contribution in [0.4, 0.5) is 5.69 Å². The van der Waals surface area contributed by atoms with E-state index in [0.717, 1.165) is 0 Å². The first kappa shape index (κ1) is 12.5. The Morgan fingerprint density at radius 2 is 2.38 bits per heavy atom. The molecule has 0 spiro atoms. The van der Waals surface area contributed by atoms with Crippen LogP contribution in [0.15, 0.2) is 12.3 Å². The van der Waals surface area contributed by atoms with Gasteiger partial charge in [0.05, 0.1) is 11.1 Å². The van der Waals surface area contributed by atoms with Crippen molar-refractivity contribution in [1.82, 2.24) is 9.88 Å². The fourth-order valence-corrected chi connectivity index (χ4v) is 1.48. The van der Waals surface area contributed by atoms with Crippen molar-refractivity contribution in [2.75, 3.05) is 13.6 Å². The summed E-state index contributed by atoms with van der Waals surface area (Å²) in [4.78, 5) is 25.6. The van der Waals surface area contributed by atoms with E-state index in [9.17, 15) is 14.9 Å². The monoisotopic (exact) mass is 245 g/mol. The molecule has 7 heteroatoms. The van der Waals surface area contributed by atoms with Gasteiger partial charge in [0.25, 0.3) is 11.6 Å². The second-order valence-electron chi connectivity index (χ2n) is 3.50. The lowest BCUT2D eigenvalue weighted by atomic mass is 10.3. The summed E-state index contributed by atoms with van der Waals surface area (Å²) in [7, 11) is 1.59. The lowest BCUT2D eigenvalue weighted by Crippen LogP contribution is -2.31. The predicted molar refractivity (Wildman–Crippen MR) is 59.7 cm³/mol. The van der Waals surface area contributed by atoms with Crippen LogP contribution in [0.2, 0.25) is 0 Å². The maximum atomic E-state index is 11.7. The molecule has 0 radical (unpaired) electrons. The van der Waals surface area contributed by atoms with Gasteiger partial charge < -0.3 is 9.88 Å². The molecule has 0 aliphatic heterocycles. The molecule has 16 heavy (non-hydrogen) atoms. The molecule has 1 atom stereocenters.